The molecule has 1 saturated heterocycles. The molecule has 2 aromatic rings. The van der Waals surface area contributed by atoms with Crippen LogP contribution in [-0.4, -0.2) is 29.9 Å². The van der Waals surface area contributed by atoms with Crippen molar-refractivity contribution in [3.8, 4) is 10.4 Å². The highest BCUT2D eigenvalue weighted by Gasteiger charge is 2.23. The van der Waals surface area contributed by atoms with E-state index in [0.29, 0.717) is 11.6 Å². The van der Waals surface area contributed by atoms with Crippen LogP contribution in [0.3, 0.4) is 0 Å². The number of thiophene rings is 1. The van der Waals surface area contributed by atoms with Gasteiger partial charge in [-0.25, -0.2) is 0 Å². The largest absolute Gasteiger partial charge is 0.336 e. The summed E-state index contributed by atoms with van der Waals surface area (Å²) in [5.41, 5.74) is 7.03. The summed E-state index contributed by atoms with van der Waals surface area (Å²) in [6.45, 7) is 1.47. The van der Waals surface area contributed by atoms with Crippen LogP contribution >= 0.6 is 22.9 Å². The summed E-state index contributed by atoms with van der Waals surface area (Å²) >= 11 is 7.42. The van der Waals surface area contributed by atoms with Crippen molar-refractivity contribution < 1.29 is 4.79 Å². The first-order valence-electron chi connectivity index (χ1n) is 7.04. The van der Waals surface area contributed by atoms with E-state index in [2.05, 4.69) is 0 Å². The zero-order chi connectivity index (χ0) is 14.8. The maximum absolute atomic E-state index is 12.5. The SMILES string of the molecule is NC1CCCN(C(=O)c2ccc(-c3ccc(Cl)cc3)s2)C1. The van der Waals surface area contributed by atoms with E-state index >= 15 is 0 Å². The molecule has 2 heterocycles. The van der Waals surface area contributed by atoms with Crippen LogP contribution in [0.15, 0.2) is 36.4 Å². The van der Waals surface area contributed by atoms with Gasteiger partial charge in [-0.05, 0) is 42.7 Å². The van der Waals surface area contributed by atoms with Crippen LogP contribution < -0.4 is 5.73 Å². The van der Waals surface area contributed by atoms with E-state index in [4.69, 9.17) is 17.3 Å². The van der Waals surface area contributed by atoms with Crippen molar-refractivity contribution in [3.05, 3.63) is 46.3 Å². The first kappa shape index (κ1) is 14.6. The zero-order valence-corrected chi connectivity index (χ0v) is 13.2. The fourth-order valence-electron chi connectivity index (χ4n) is 2.57. The highest BCUT2D eigenvalue weighted by molar-refractivity contribution is 7.17. The van der Waals surface area contributed by atoms with Gasteiger partial charge in [0.05, 0.1) is 4.88 Å². The highest BCUT2D eigenvalue weighted by Crippen LogP contribution is 2.30. The average molecular weight is 321 g/mol. The Morgan fingerprint density at radius 2 is 2.00 bits per heavy atom. The van der Waals surface area contributed by atoms with Crippen LogP contribution in [0.2, 0.25) is 5.02 Å². The minimum absolute atomic E-state index is 0.0929. The van der Waals surface area contributed by atoms with Gasteiger partial charge in [-0.2, -0.15) is 0 Å². The van der Waals surface area contributed by atoms with Gasteiger partial charge in [-0.1, -0.05) is 23.7 Å². The summed E-state index contributed by atoms with van der Waals surface area (Å²) in [4.78, 5) is 16.2. The molecule has 1 aliphatic heterocycles. The molecule has 3 rings (SSSR count). The number of amides is 1. The monoisotopic (exact) mass is 320 g/mol. The molecule has 5 heteroatoms. The van der Waals surface area contributed by atoms with Gasteiger partial charge in [-0.3, -0.25) is 4.79 Å². The van der Waals surface area contributed by atoms with Gasteiger partial charge in [0.1, 0.15) is 0 Å². The Morgan fingerprint density at radius 3 is 2.71 bits per heavy atom. The molecule has 1 unspecified atom stereocenters. The third kappa shape index (κ3) is 3.28. The van der Waals surface area contributed by atoms with E-state index in [-0.39, 0.29) is 11.9 Å². The summed E-state index contributed by atoms with van der Waals surface area (Å²) in [5, 5.41) is 0.717. The summed E-state index contributed by atoms with van der Waals surface area (Å²) in [6.07, 6.45) is 1.99. The molecule has 1 amide bonds. The summed E-state index contributed by atoms with van der Waals surface area (Å²) in [7, 11) is 0. The Hall–Kier alpha value is -1.36. The smallest absolute Gasteiger partial charge is 0.263 e. The van der Waals surface area contributed by atoms with Crippen molar-refractivity contribution in [1.29, 1.82) is 0 Å². The molecule has 0 saturated carbocycles. The lowest BCUT2D eigenvalue weighted by Crippen LogP contribution is -2.45. The van der Waals surface area contributed by atoms with Gasteiger partial charge in [0.15, 0.2) is 0 Å². The van der Waals surface area contributed by atoms with Crippen molar-refractivity contribution in [2.75, 3.05) is 13.1 Å². The van der Waals surface area contributed by atoms with Crippen molar-refractivity contribution in [3.63, 3.8) is 0 Å². The summed E-state index contributed by atoms with van der Waals surface area (Å²) in [5.74, 6) is 0.0929. The molecule has 2 N–H and O–H groups in total. The van der Waals surface area contributed by atoms with E-state index in [1.54, 1.807) is 0 Å². The molecule has 0 radical (unpaired) electrons. The van der Waals surface area contributed by atoms with Crippen LogP contribution in [0, 0.1) is 0 Å². The standard InChI is InChI=1S/C16H17ClN2OS/c17-12-5-3-11(4-6-12)14-7-8-15(21-14)16(20)19-9-1-2-13(18)10-19/h3-8,13H,1-2,9-10,18H2. The van der Waals surface area contributed by atoms with Crippen LogP contribution in [0.25, 0.3) is 10.4 Å². The van der Waals surface area contributed by atoms with Crippen molar-refractivity contribution in [1.82, 2.24) is 4.90 Å². The maximum atomic E-state index is 12.5. The molecule has 0 aliphatic carbocycles. The van der Waals surface area contributed by atoms with Crippen LogP contribution in [-0.2, 0) is 0 Å². The fraction of sp³-hybridized carbons (Fsp3) is 0.312. The number of nitrogens with zero attached hydrogens (tertiary/aromatic N) is 1. The van der Waals surface area contributed by atoms with Gasteiger partial charge in [-0.15, -0.1) is 11.3 Å². The van der Waals surface area contributed by atoms with Gasteiger partial charge < -0.3 is 10.6 Å². The van der Waals surface area contributed by atoms with E-state index in [0.717, 1.165) is 34.7 Å². The molecule has 1 aromatic heterocycles. The first-order chi connectivity index (χ1) is 10.1. The number of halogens is 1. The number of hydrogen-bond acceptors (Lipinski definition) is 3. The Labute approximate surface area is 133 Å². The molecule has 1 aromatic carbocycles. The topological polar surface area (TPSA) is 46.3 Å². The second-order valence-corrected chi connectivity index (χ2v) is 6.84. The molecular weight excluding hydrogens is 304 g/mol. The molecule has 1 atom stereocenters. The van der Waals surface area contributed by atoms with Crippen LogP contribution in [0.1, 0.15) is 22.5 Å². The maximum Gasteiger partial charge on any atom is 0.263 e. The highest BCUT2D eigenvalue weighted by atomic mass is 35.5. The van der Waals surface area contributed by atoms with Crippen molar-refractivity contribution >= 4 is 28.8 Å². The number of carbonyl (C=O) groups excluding carboxylic acids is 1. The van der Waals surface area contributed by atoms with Gasteiger partial charge in [0, 0.05) is 29.0 Å². The minimum Gasteiger partial charge on any atom is -0.336 e. The number of likely N-dealkylation sites (tertiary alicyclic amines) is 1. The lowest BCUT2D eigenvalue weighted by Gasteiger charge is -2.30. The molecule has 110 valence electrons. The molecule has 0 spiro atoms. The lowest BCUT2D eigenvalue weighted by atomic mass is 10.1. The number of piperidine rings is 1. The lowest BCUT2D eigenvalue weighted by molar-refractivity contribution is 0.0714. The van der Waals surface area contributed by atoms with Crippen molar-refractivity contribution in [2.45, 2.75) is 18.9 Å². The van der Waals surface area contributed by atoms with Gasteiger partial charge in [0.25, 0.3) is 5.91 Å². The molecule has 3 nitrogen and oxygen atoms in total. The van der Waals surface area contributed by atoms with E-state index in [9.17, 15) is 4.79 Å². The second-order valence-electron chi connectivity index (χ2n) is 5.32. The predicted molar refractivity (Wildman–Crippen MR) is 87.9 cm³/mol. The Balaban J connectivity index is 1.78. The normalized spacial score (nSPS) is 18.8. The average Bonchev–Trinajstić information content (AvgIpc) is 2.97. The van der Waals surface area contributed by atoms with Gasteiger partial charge in [0.2, 0.25) is 0 Å². The fourth-order valence-corrected chi connectivity index (χ4v) is 3.68. The van der Waals surface area contributed by atoms with Crippen LogP contribution in [0.4, 0.5) is 0 Å². The Kier molecular flexibility index (Phi) is 4.29. The summed E-state index contributed by atoms with van der Waals surface area (Å²) < 4.78 is 0. The molecule has 21 heavy (non-hydrogen) atoms. The molecule has 1 fully saturated rings. The predicted octanol–water partition coefficient (Wildman–Crippen LogP) is 3.63. The third-order valence-corrected chi connectivity index (χ3v) is 5.06. The van der Waals surface area contributed by atoms with E-state index in [1.807, 2.05) is 41.3 Å². The first-order valence-corrected chi connectivity index (χ1v) is 8.23. The number of rotatable bonds is 2. The third-order valence-electron chi connectivity index (χ3n) is 3.69. The number of hydrogen-bond donors (Lipinski definition) is 1. The number of nitrogens with two attached hydrogens (primary N) is 1. The molecule has 0 bridgehead atoms. The number of benzene rings is 1. The van der Waals surface area contributed by atoms with Crippen molar-refractivity contribution in [2.24, 2.45) is 5.73 Å². The molecule has 1 aliphatic rings. The van der Waals surface area contributed by atoms with Gasteiger partial charge >= 0.3 is 0 Å². The second kappa shape index (κ2) is 6.18. The Bertz CT molecular complexity index is 638. The van der Waals surface area contributed by atoms with E-state index in [1.165, 1.54) is 11.3 Å². The number of carbonyl (C=O) groups is 1. The Morgan fingerprint density at radius 1 is 1.24 bits per heavy atom. The summed E-state index contributed by atoms with van der Waals surface area (Å²) in [6, 6.07) is 11.7. The quantitative estimate of drug-likeness (QED) is 0.918. The zero-order valence-electron chi connectivity index (χ0n) is 11.6. The van der Waals surface area contributed by atoms with E-state index < -0.39 is 0 Å². The minimum atomic E-state index is 0.0929. The molecular formula is C16H17ClN2OS. The van der Waals surface area contributed by atoms with Crippen LogP contribution in [0.5, 0.6) is 0 Å².